The number of nitrogens with two attached hydrogens (primary N) is 2. The van der Waals surface area contributed by atoms with Gasteiger partial charge in [-0.3, -0.25) is 0 Å². The lowest BCUT2D eigenvalue weighted by molar-refractivity contribution is 1.17. The number of nitrogens with one attached hydrogen (secondary N) is 1. The topological polar surface area (TPSA) is 80.7 Å². The van der Waals surface area contributed by atoms with E-state index >= 15 is 0 Å². The van der Waals surface area contributed by atoms with Crippen molar-refractivity contribution in [2.75, 3.05) is 11.5 Å². The smallest absolute Gasteiger partial charge is 0.112 e. The monoisotopic (exact) mass is 176 g/mol. The Kier molecular flexibility index (Phi) is 1.45. The minimum atomic E-state index is 0.666. The highest BCUT2D eigenvalue weighted by atomic mass is 14.9. The molecule has 5 N–H and O–H groups in total. The molecule has 2 aromatic rings. The van der Waals surface area contributed by atoms with Gasteiger partial charge in [-0.2, -0.15) is 0 Å². The van der Waals surface area contributed by atoms with Gasteiger partial charge in [-0.1, -0.05) is 0 Å². The second kappa shape index (κ2) is 2.39. The number of fused-ring (bicyclic) bond motifs is 1. The Bertz CT molecular complexity index is 470. The third-order valence-electron chi connectivity index (χ3n) is 2.24. The number of aromatic amines is 1. The van der Waals surface area contributed by atoms with Crippen molar-refractivity contribution in [2.24, 2.45) is 0 Å². The molecule has 2 rings (SSSR count). The highest BCUT2D eigenvalue weighted by Crippen LogP contribution is 2.27. The van der Waals surface area contributed by atoms with Crippen LogP contribution in [0.1, 0.15) is 11.4 Å². The molecule has 0 saturated heterocycles. The Morgan fingerprint density at radius 1 is 1.31 bits per heavy atom. The van der Waals surface area contributed by atoms with E-state index in [4.69, 9.17) is 11.5 Å². The summed E-state index contributed by atoms with van der Waals surface area (Å²) in [7, 11) is 0. The average Bonchev–Trinajstić information content (AvgIpc) is 2.42. The molecule has 0 atom stereocenters. The summed E-state index contributed by atoms with van der Waals surface area (Å²) < 4.78 is 0. The number of H-pyrrole nitrogens is 1. The van der Waals surface area contributed by atoms with Crippen molar-refractivity contribution < 1.29 is 0 Å². The molecule has 0 amide bonds. The van der Waals surface area contributed by atoms with Crippen LogP contribution in [0.3, 0.4) is 0 Å². The fraction of sp³-hybridized carbons (Fsp3) is 0.222. The van der Waals surface area contributed by atoms with Gasteiger partial charge < -0.3 is 16.5 Å². The van der Waals surface area contributed by atoms with Crippen LogP contribution in [-0.2, 0) is 0 Å². The normalized spacial score (nSPS) is 10.9. The van der Waals surface area contributed by atoms with Gasteiger partial charge in [0.1, 0.15) is 11.3 Å². The van der Waals surface area contributed by atoms with Gasteiger partial charge in [-0.15, -0.1) is 0 Å². The number of aromatic nitrogens is 2. The summed E-state index contributed by atoms with van der Waals surface area (Å²) >= 11 is 0. The van der Waals surface area contributed by atoms with Gasteiger partial charge in [0, 0.05) is 5.69 Å². The predicted octanol–water partition coefficient (Wildman–Crippen LogP) is 1.34. The maximum absolute atomic E-state index is 5.87. The molecule has 68 valence electrons. The SMILES string of the molecule is Cc1nc2c(N)c(C)c(N)cc2[nH]1. The third kappa shape index (κ3) is 1.02. The van der Waals surface area contributed by atoms with E-state index in [0.717, 1.165) is 22.4 Å². The molecule has 1 heterocycles. The molecule has 0 bridgehead atoms. The molecule has 4 nitrogen and oxygen atoms in total. The molecule has 0 aliphatic rings. The lowest BCUT2D eigenvalue weighted by atomic mass is 10.1. The summed E-state index contributed by atoms with van der Waals surface area (Å²) in [6.07, 6.45) is 0. The van der Waals surface area contributed by atoms with Crippen LogP contribution in [0.5, 0.6) is 0 Å². The summed E-state index contributed by atoms with van der Waals surface area (Å²) in [6.45, 7) is 3.79. The number of nitrogen functional groups attached to an aromatic ring is 2. The molecule has 4 heteroatoms. The Balaban J connectivity index is 2.92. The highest BCUT2D eigenvalue weighted by Gasteiger charge is 2.08. The van der Waals surface area contributed by atoms with Gasteiger partial charge in [-0.25, -0.2) is 4.98 Å². The highest BCUT2D eigenvalue weighted by molar-refractivity contribution is 5.92. The molecule has 0 saturated carbocycles. The van der Waals surface area contributed by atoms with E-state index in [0.29, 0.717) is 11.4 Å². The van der Waals surface area contributed by atoms with Crippen LogP contribution in [0.4, 0.5) is 11.4 Å². The molecular formula is C9H12N4. The summed E-state index contributed by atoms with van der Waals surface area (Å²) in [4.78, 5) is 7.37. The maximum atomic E-state index is 5.87. The molecule has 0 radical (unpaired) electrons. The van der Waals surface area contributed by atoms with Crippen molar-refractivity contribution in [3.63, 3.8) is 0 Å². The van der Waals surface area contributed by atoms with Crippen LogP contribution in [0, 0.1) is 13.8 Å². The number of imidazole rings is 1. The first kappa shape index (κ1) is 7.91. The fourth-order valence-electron chi connectivity index (χ4n) is 1.42. The van der Waals surface area contributed by atoms with Crippen LogP contribution in [0.25, 0.3) is 11.0 Å². The summed E-state index contributed by atoms with van der Waals surface area (Å²) in [6, 6.07) is 1.86. The minimum Gasteiger partial charge on any atom is -0.398 e. The molecule has 0 aliphatic heterocycles. The quantitative estimate of drug-likeness (QED) is 0.530. The van der Waals surface area contributed by atoms with Gasteiger partial charge in [0.25, 0.3) is 0 Å². The van der Waals surface area contributed by atoms with Crippen molar-refractivity contribution in [1.29, 1.82) is 0 Å². The predicted molar refractivity (Wildman–Crippen MR) is 54.4 cm³/mol. The van der Waals surface area contributed by atoms with E-state index in [1.807, 2.05) is 19.9 Å². The zero-order chi connectivity index (χ0) is 9.59. The maximum Gasteiger partial charge on any atom is 0.112 e. The summed E-state index contributed by atoms with van der Waals surface area (Å²) in [5.41, 5.74) is 15.6. The van der Waals surface area contributed by atoms with Gasteiger partial charge in [-0.05, 0) is 25.5 Å². The standard InChI is InChI=1S/C9H12N4/c1-4-6(10)3-7-9(8(4)11)13-5(2)12-7/h3H,10-11H2,1-2H3,(H,12,13). The van der Waals surface area contributed by atoms with E-state index < -0.39 is 0 Å². The number of benzene rings is 1. The third-order valence-corrected chi connectivity index (χ3v) is 2.24. The number of nitrogens with zero attached hydrogens (tertiary/aromatic N) is 1. The van der Waals surface area contributed by atoms with E-state index in [-0.39, 0.29) is 0 Å². The van der Waals surface area contributed by atoms with Gasteiger partial charge in [0.2, 0.25) is 0 Å². The molecule has 1 aromatic heterocycles. The number of hydrogen-bond acceptors (Lipinski definition) is 3. The first-order chi connectivity index (χ1) is 6.09. The van der Waals surface area contributed by atoms with Crippen molar-refractivity contribution >= 4 is 22.4 Å². The van der Waals surface area contributed by atoms with Gasteiger partial charge >= 0.3 is 0 Å². The molecule has 1 aromatic carbocycles. The second-order valence-electron chi connectivity index (χ2n) is 3.22. The molecule has 0 spiro atoms. The zero-order valence-electron chi connectivity index (χ0n) is 7.68. The van der Waals surface area contributed by atoms with E-state index in [2.05, 4.69) is 9.97 Å². The van der Waals surface area contributed by atoms with E-state index in [9.17, 15) is 0 Å². The number of rotatable bonds is 0. The van der Waals surface area contributed by atoms with E-state index in [1.54, 1.807) is 0 Å². The number of hydrogen-bond donors (Lipinski definition) is 3. The minimum absolute atomic E-state index is 0.666. The summed E-state index contributed by atoms with van der Waals surface area (Å²) in [5.74, 6) is 0.853. The van der Waals surface area contributed by atoms with Crippen LogP contribution < -0.4 is 11.5 Å². The largest absolute Gasteiger partial charge is 0.398 e. The van der Waals surface area contributed by atoms with Crippen LogP contribution in [0.2, 0.25) is 0 Å². The van der Waals surface area contributed by atoms with Crippen molar-refractivity contribution in [2.45, 2.75) is 13.8 Å². The van der Waals surface area contributed by atoms with Crippen LogP contribution in [0.15, 0.2) is 6.07 Å². The van der Waals surface area contributed by atoms with Crippen molar-refractivity contribution in [3.8, 4) is 0 Å². The molecule has 0 fully saturated rings. The van der Waals surface area contributed by atoms with Crippen LogP contribution >= 0.6 is 0 Å². The first-order valence-electron chi connectivity index (χ1n) is 4.10. The van der Waals surface area contributed by atoms with Crippen LogP contribution in [-0.4, -0.2) is 9.97 Å². The average molecular weight is 176 g/mol. The summed E-state index contributed by atoms with van der Waals surface area (Å²) in [5, 5.41) is 0. The molecule has 0 aliphatic carbocycles. The Morgan fingerprint density at radius 2 is 2.00 bits per heavy atom. The first-order valence-corrected chi connectivity index (χ1v) is 4.10. The van der Waals surface area contributed by atoms with Crippen molar-refractivity contribution in [3.05, 3.63) is 17.5 Å². The number of anilines is 2. The Morgan fingerprint density at radius 3 is 2.69 bits per heavy atom. The molecular weight excluding hydrogens is 164 g/mol. The molecule has 13 heavy (non-hydrogen) atoms. The fourth-order valence-corrected chi connectivity index (χ4v) is 1.42. The zero-order valence-corrected chi connectivity index (χ0v) is 7.68. The van der Waals surface area contributed by atoms with Gasteiger partial charge in [0.05, 0.1) is 11.2 Å². The second-order valence-corrected chi connectivity index (χ2v) is 3.22. The van der Waals surface area contributed by atoms with E-state index in [1.165, 1.54) is 0 Å². The Labute approximate surface area is 76.0 Å². The molecule has 0 unspecified atom stereocenters. The van der Waals surface area contributed by atoms with Crippen molar-refractivity contribution in [1.82, 2.24) is 9.97 Å². The number of aryl methyl sites for hydroxylation is 1. The lowest BCUT2D eigenvalue weighted by Crippen LogP contribution is -1.96. The lowest BCUT2D eigenvalue weighted by Gasteiger charge is -2.03. The van der Waals surface area contributed by atoms with Gasteiger partial charge in [0.15, 0.2) is 0 Å². The Hall–Kier alpha value is -1.71.